The second-order valence-corrected chi connectivity index (χ2v) is 12.5. The van der Waals surface area contributed by atoms with Gasteiger partial charge in [0.05, 0.1) is 44.8 Å². The van der Waals surface area contributed by atoms with E-state index in [4.69, 9.17) is 0 Å². The molecule has 1 aromatic carbocycles. The fraction of sp³-hybridized carbons (Fsp3) is 0.478. The van der Waals surface area contributed by atoms with Crippen molar-refractivity contribution in [2.75, 3.05) is 20.2 Å². The lowest BCUT2D eigenvalue weighted by Gasteiger charge is -2.40. The molecule has 0 bridgehead atoms. The van der Waals surface area contributed by atoms with E-state index >= 15 is 0 Å². The van der Waals surface area contributed by atoms with Crippen LogP contribution in [0.5, 0.6) is 0 Å². The predicted octanol–water partition coefficient (Wildman–Crippen LogP) is 5.95. The van der Waals surface area contributed by atoms with Crippen molar-refractivity contribution in [2.24, 2.45) is 5.92 Å². The molecule has 1 amide bonds. The number of hydrogen-bond donors (Lipinski definition) is 0. The molecular formula is C23H23F7N2O5S2. The maximum atomic E-state index is 13.9. The number of piperidine rings is 1. The molecule has 3 rings (SSSR count). The lowest BCUT2D eigenvalue weighted by atomic mass is 9.85. The van der Waals surface area contributed by atoms with Crippen LogP contribution in [0.2, 0.25) is 0 Å². The summed E-state index contributed by atoms with van der Waals surface area (Å²) in [6.45, 7) is 2.60. The minimum atomic E-state index is -4.96. The molecule has 0 N–H and O–H groups in total. The molecule has 7 nitrogen and oxygen atoms in total. The standard InChI is InChI=1S/C23H23F7N2O5S2/c1-21(2,39(34,35)17-9-14(22(25,26)27)8-16(24)11-17)13-4-6-32(7-5-13)20(33)19-18(38-37-36-3)10-15(12-31-19)23(28,29)30/h8-13H,4-7H2,1-3H3. The van der Waals surface area contributed by atoms with Crippen molar-refractivity contribution in [3.8, 4) is 0 Å². The Bertz CT molecular complexity index is 1320. The third-order valence-electron chi connectivity index (χ3n) is 6.54. The number of alkyl halides is 6. The summed E-state index contributed by atoms with van der Waals surface area (Å²) in [7, 11) is -3.35. The molecule has 0 spiro atoms. The third-order valence-corrected chi connectivity index (χ3v) is 9.81. The fourth-order valence-electron chi connectivity index (χ4n) is 4.23. The highest BCUT2D eigenvalue weighted by Crippen LogP contribution is 2.40. The number of pyridine rings is 1. The first-order chi connectivity index (χ1) is 17.9. The number of aromatic nitrogens is 1. The van der Waals surface area contributed by atoms with Gasteiger partial charge in [-0.2, -0.15) is 30.7 Å². The zero-order chi connectivity index (χ0) is 29.4. The highest BCUT2D eigenvalue weighted by Gasteiger charge is 2.45. The molecule has 1 saturated heterocycles. The van der Waals surface area contributed by atoms with Crippen molar-refractivity contribution in [2.45, 2.75) is 53.6 Å². The molecule has 39 heavy (non-hydrogen) atoms. The van der Waals surface area contributed by atoms with Crippen molar-refractivity contribution in [1.29, 1.82) is 0 Å². The van der Waals surface area contributed by atoms with Crippen LogP contribution in [-0.2, 0) is 31.4 Å². The Balaban J connectivity index is 1.81. The number of carbonyl (C=O) groups is 1. The van der Waals surface area contributed by atoms with Crippen molar-refractivity contribution < 1.29 is 53.2 Å². The number of likely N-dealkylation sites (tertiary alicyclic amines) is 1. The quantitative estimate of drug-likeness (QED) is 0.167. The molecule has 0 saturated carbocycles. The number of carbonyl (C=O) groups excluding carboxylic acids is 1. The predicted molar refractivity (Wildman–Crippen MR) is 124 cm³/mol. The number of halogens is 7. The molecular weight excluding hydrogens is 581 g/mol. The van der Waals surface area contributed by atoms with Gasteiger partial charge in [-0.1, -0.05) is 0 Å². The Labute approximate surface area is 223 Å². The van der Waals surface area contributed by atoms with E-state index in [0.29, 0.717) is 36.4 Å². The normalized spacial score (nSPS) is 16.0. The van der Waals surface area contributed by atoms with E-state index in [-0.39, 0.29) is 42.6 Å². The molecule has 0 unspecified atom stereocenters. The van der Waals surface area contributed by atoms with Gasteiger partial charge >= 0.3 is 12.4 Å². The largest absolute Gasteiger partial charge is 0.417 e. The van der Waals surface area contributed by atoms with Crippen LogP contribution in [0.4, 0.5) is 30.7 Å². The van der Waals surface area contributed by atoms with E-state index < -0.39 is 60.6 Å². The van der Waals surface area contributed by atoms with Gasteiger partial charge in [0.2, 0.25) is 0 Å². The van der Waals surface area contributed by atoms with Gasteiger partial charge in [0.1, 0.15) is 11.5 Å². The Morgan fingerprint density at radius 2 is 1.59 bits per heavy atom. The SMILES string of the molecule is COOSc1cc(C(F)(F)F)cnc1C(=O)N1CCC(C(C)(C)S(=O)(=O)c2cc(F)cc(C(F)(F)F)c2)CC1. The van der Waals surface area contributed by atoms with Crippen LogP contribution in [0.3, 0.4) is 0 Å². The molecule has 2 aromatic rings. The van der Waals surface area contributed by atoms with E-state index in [1.54, 1.807) is 0 Å². The van der Waals surface area contributed by atoms with Gasteiger partial charge in [-0.05, 0) is 56.9 Å². The molecule has 2 heterocycles. The first kappa shape index (κ1) is 31.1. The van der Waals surface area contributed by atoms with Crippen LogP contribution >= 0.6 is 12.0 Å². The summed E-state index contributed by atoms with van der Waals surface area (Å²) in [4.78, 5) is 21.4. The summed E-state index contributed by atoms with van der Waals surface area (Å²) in [6, 6.07) is 1.80. The first-order valence-corrected chi connectivity index (χ1v) is 13.5. The van der Waals surface area contributed by atoms with Crippen LogP contribution in [-0.4, -0.2) is 49.2 Å². The van der Waals surface area contributed by atoms with E-state index in [1.807, 2.05) is 0 Å². The van der Waals surface area contributed by atoms with Crippen molar-refractivity contribution in [3.63, 3.8) is 0 Å². The Hall–Kier alpha value is -2.43. The minimum absolute atomic E-state index is 0.0165. The highest BCUT2D eigenvalue weighted by atomic mass is 32.2. The Morgan fingerprint density at radius 1 is 1.00 bits per heavy atom. The van der Waals surface area contributed by atoms with Gasteiger partial charge in [-0.15, -0.1) is 0 Å². The Kier molecular flexibility index (Phi) is 8.94. The first-order valence-electron chi connectivity index (χ1n) is 11.3. The molecule has 1 aliphatic rings. The lowest BCUT2D eigenvalue weighted by molar-refractivity contribution is -0.160. The van der Waals surface area contributed by atoms with Crippen molar-refractivity contribution >= 4 is 27.8 Å². The summed E-state index contributed by atoms with van der Waals surface area (Å²) >= 11 is 0.357. The zero-order valence-electron chi connectivity index (χ0n) is 20.7. The maximum Gasteiger partial charge on any atom is 0.417 e. The topological polar surface area (TPSA) is 85.8 Å². The number of hydrogen-bond acceptors (Lipinski definition) is 7. The van der Waals surface area contributed by atoms with Gasteiger partial charge in [0.25, 0.3) is 5.91 Å². The van der Waals surface area contributed by atoms with Crippen molar-refractivity contribution in [1.82, 2.24) is 9.88 Å². The van der Waals surface area contributed by atoms with Gasteiger partial charge < -0.3 is 4.90 Å². The van der Waals surface area contributed by atoms with Crippen LogP contribution in [0.1, 0.15) is 48.3 Å². The number of amides is 1. The monoisotopic (exact) mass is 604 g/mol. The number of nitrogens with zero attached hydrogens (tertiary/aromatic N) is 2. The molecule has 16 heteroatoms. The summed E-state index contributed by atoms with van der Waals surface area (Å²) < 4.78 is 122. The number of benzene rings is 1. The second kappa shape index (κ2) is 11.2. The summed E-state index contributed by atoms with van der Waals surface area (Å²) in [5.74, 6) is -2.73. The molecule has 216 valence electrons. The molecule has 1 fully saturated rings. The Morgan fingerprint density at radius 3 is 2.13 bits per heavy atom. The van der Waals surface area contributed by atoms with Crippen LogP contribution in [0, 0.1) is 11.7 Å². The highest BCUT2D eigenvalue weighted by molar-refractivity contribution is 7.94. The average molecular weight is 605 g/mol. The second-order valence-electron chi connectivity index (χ2n) is 9.23. The van der Waals surface area contributed by atoms with Crippen molar-refractivity contribution in [3.05, 3.63) is 53.1 Å². The third kappa shape index (κ3) is 6.66. The van der Waals surface area contributed by atoms with Gasteiger partial charge in [-0.3, -0.25) is 4.79 Å². The molecule has 1 aromatic heterocycles. The number of rotatable bonds is 7. The zero-order valence-corrected chi connectivity index (χ0v) is 22.3. The summed E-state index contributed by atoms with van der Waals surface area (Å²) in [5.41, 5.74) is -2.89. The summed E-state index contributed by atoms with van der Waals surface area (Å²) in [5, 5.41) is 0. The van der Waals surface area contributed by atoms with E-state index in [9.17, 15) is 43.9 Å². The van der Waals surface area contributed by atoms with E-state index in [1.165, 1.54) is 18.7 Å². The lowest BCUT2D eigenvalue weighted by Crippen LogP contribution is -2.48. The summed E-state index contributed by atoms with van der Waals surface area (Å²) in [6.07, 6.45) is -9.00. The van der Waals surface area contributed by atoms with Gasteiger partial charge in [0, 0.05) is 19.3 Å². The average Bonchev–Trinajstić information content (AvgIpc) is 2.85. The smallest absolute Gasteiger partial charge is 0.337 e. The maximum absolute atomic E-state index is 13.9. The molecule has 1 aliphatic heterocycles. The van der Waals surface area contributed by atoms with E-state index in [0.717, 1.165) is 7.11 Å². The minimum Gasteiger partial charge on any atom is -0.337 e. The number of sulfone groups is 1. The van der Waals surface area contributed by atoms with Gasteiger partial charge in [0.15, 0.2) is 9.84 Å². The van der Waals surface area contributed by atoms with Crippen LogP contribution in [0.25, 0.3) is 0 Å². The van der Waals surface area contributed by atoms with Crippen LogP contribution in [0.15, 0.2) is 40.3 Å². The van der Waals surface area contributed by atoms with Crippen LogP contribution < -0.4 is 0 Å². The fourth-order valence-corrected chi connectivity index (χ4v) is 6.59. The molecule has 0 atom stereocenters. The molecule has 0 radical (unpaired) electrons. The van der Waals surface area contributed by atoms with E-state index in [2.05, 4.69) is 14.2 Å². The van der Waals surface area contributed by atoms with Gasteiger partial charge in [-0.25, -0.2) is 22.7 Å². The molecule has 0 aliphatic carbocycles.